The third-order valence-corrected chi connectivity index (χ3v) is 4.58. The van der Waals surface area contributed by atoms with Gasteiger partial charge in [-0.05, 0) is 37.1 Å². The summed E-state index contributed by atoms with van der Waals surface area (Å²) in [5.41, 5.74) is 1.06. The quantitative estimate of drug-likeness (QED) is 0.826. The summed E-state index contributed by atoms with van der Waals surface area (Å²) < 4.78 is 5.14. The highest BCUT2D eigenvalue weighted by molar-refractivity contribution is 5.90. The van der Waals surface area contributed by atoms with Gasteiger partial charge in [0.25, 0.3) is 0 Å². The van der Waals surface area contributed by atoms with Crippen molar-refractivity contribution in [3.63, 3.8) is 0 Å². The van der Waals surface area contributed by atoms with Gasteiger partial charge in [0.2, 0.25) is 11.8 Å². The highest BCUT2D eigenvalue weighted by Crippen LogP contribution is 2.18. The van der Waals surface area contributed by atoms with Crippen LogP contribution in [0.5, 0.6) is 5.75 Å². The van der Waals surface area contributed by atoms with E-state index >= 15 is 0 Å². The topological polar surface area (TPSA) is 70.7 Å². The molecule has 3 rings (SSSR count). The predicted octanol–water partition coefficient (Wildman–Crippen LogP) is 0.944. The number of carbonyl (C=O) groups is 2. The molecule has 0 bridgehead atoms. The Labute approximate surface area is 148 Å². The Balaban J connectivity index is 0.00000208. The van der Waals surface area contributed by atoms with Crippen LogP contribution in [0.2, 0.25) is 0 Å². The molecule has 2 saturated heterocycles. The lowest BCUT2D eigenvalue weighted by Crippen LogP contribution is -2.44. The van der Waals surface area contributed by atoms with Crippen LogP contribution in [0.1, 0.15) is 18.4 Å². The normalized spacial score (nSPS) is 23.0. The third-order valence-electron chi connectivity index (χ3n) is 4.58. The molecule has 6 nitrogen and oxygen atoms in total. The second-order valence-corrected chi connectivity index (χ2v) is 6.15. The Morgan fingerprint density at radius 2 is 2.08 bits per heavy atom. The molecule has 2 unspecified atom stereocenters. The Hall–Kier alpha value is -1.79. The SMILES string of the molecule is COc1ccc(CN2CCC(NC(=O)C3CCNC3)C2=O)cc1.Cl. The first kappa shape index (κ1) is 18.5. The molecule has 2 aliphatic rings. The van der Waals surface area contributed by atoms with Gasteiger partial charge in [0, 0.05) is 19.6 Å². The summed E-state index contributed by atoms with van der Waals surface area (Å²) in [6, 6.07) is 7.33. The number of benzene rings is 1. The fraction of sp³-hybridized carbons (Fsp3) is 0.529. The number of halogens is 1. The molecule has 0 radical (unpaired) electrons. The fourth-order valence-corrected chi connectivity index (χ4v) is 3.15. The number of hydrogen-bond acceptors (Lipinski definition) is 4. The first-order valence-electron chi connectivity index (χ1n) is 8.10. The largest absolute Gasteiger partial charge is 0.497 e. The van der Waals surface area contributed by atoms with Gasteiger partial charge in [-0.15, -0.1) is 12.4 Å². The summed E-state index contributed by atoms with van der Waals surface area (Å²) in [6.07, 6.45) is 1.53. The summed E-state index contributed by atoms with van der Waals surface area (Å²) in [6.45, 7) is 2.83. The summed E-state index contributed by atoms with van der Waals surface area (Å²) in [4.78, 5) is 26.4. The van der Waals surface area contributed by atoms with Gasteiger partial charge in [0.05, 0.1) is 13.0 Å². The molecule has 0 saturated carbocycles. The van der Waals surface area contributed by atoms with Crippen LogP contribution in [0.3, 0.4) is 0 Å². The molecule has 2 fully saturated rings. The summed E-state index contributed by atoms with van der Waals surface area (Å²) >= 11 is 0. The number of rotatable bonds is 5. The van der Waals surface area contributed by atoms with Crippen molar-refractivity contribution in [2.24, 2.45) is 5.92 Å². The smallest absolute Gasteiger partial charge is 0.245 e. The van der Waals surface area contributed by atoms with Gasteiger partial charge in [-0.2, -0.15) is 0 Å². The van der Waals surface area contributed by atoms with Crippen LogP contribution in [0, 0.1) is 5.92 Å². The highest BCUT2D eigenvalue weighted by atomic mass is 35.5. The van der Waals surface area contributed by atoms with Crippen LogP contribution < -0.4 is 15.4 Å². The average molecular weight is 354 g/mol. The Morgan fingerprint density at radius 1 is 1.33 bits per heavy atom. The zero-order valence-electron chi connectivity index (χ0n) is 13.8. The van der Waals surface area contributed by atoms with Crippen molar-refractivity contribution in [2.45, 2.75) is 25.4 Å². The molecule has 0 aromatic heterocycles. The molecular formula is C17H24ClN3O3. The van der Waals surface area contributed by atoms with Crippen LogP contribution in [0.4, 0.5) is 0 Å². The zero-order chi connectivity index (χ0) is 16.2. The third kappa shape index (κ3) is 4.19. The van der Waals surface area contributed by atoms with Crippen molar-refractivity contribution in [2.75, 3.05) is 26.7 Å². The molecule has 2 amide bonds. The van der Waals surface area contributed by atoms with Crippen molar-refractivity contribution < 1.29 is 14.3 Å². The van der Waals surface area contributed by atoms with Crippen molar-refractivity contribution >= 4 is 24.2 Å². The molecule has 1 aromatic carbocycles. The van der Waals surface area contributed by atoms with E-state index < -0.39 is 0 Å². The van der Waals surface area contributed by atoms with E-state index in [1.165, 1.54) is 0 Å². The maximum absolute atomic E-state index is 12.5. The number of likely N-dealkylation sites (tertiary alicyclic amines) is 1. The molecule has 0 spiro atoms. The monoisotopic (exact) mass is 353 g/mol. The molecule has 2 atom stereocenters. The minimum Gasteiger partial charge on any atom is -0.497 e. The van der Waals surface area contributed by atoms with E-state index in [1.54, 1.807) is 12.0 Å². The van der Waals surface area contributed by atoms with E-state index in [2.05, 4.69) is 10.6 Å². The standard InChI is InChI=1S/C17H23N3O3.ClH/c1-23-14-4-2-12(3-5-14)11-20-9-7-15(17(20)22)19-16(21)13-6-8-18-10-13;/h2-5,13,15,18H,6-11H2,1H3,(H,19,21);1H. The first-order valence-corrected chi connectivity index (χ1v) is 8.10. The summed E-state index contributed by atoms with van der Waals surface area (Å²) in [5.74, 6) is 0.815. The Bertz CT molecular complexity index is 573. The minimum atomic E-state index is -0.374. The number of ether oxygens (including phenoxy) is 1. The molecule has 1 aromatic rings. The van der Waals surface area contributed by atoms with Crippen LogP contribution in [0.25, 0.3) is 0 Å². The minimum absolute atomic E-state index is 0. The van der Waals surface area contributed by atoms with Crippen LogP contribution >= 0.6 is 12.4 Å². The summed E-state index contributed by atoms with van der Waals surface area (Å²) in [7, 11) is 1.63. The maximum atomic E-state index is 12.5. The van der Waals surface area contributed by atoms with Gasteiger partial charge in [-0.25, -0.2) is 0 Å². The van der Waals surface area contributed by atoms with Gasteiger partial charge in [-0.3, -0.25) is 9.59 Å². The highest BCUT2D eigenvalue weighted by Gasteiger charge is 2.34. The van der Waals surface area contributed by atoms with Gasteiger partial charge < -0.3 is 20.3 Å². The van der Waals surface area contributed by atoms with Crippen molar-refractivity contribution in [3.05, 3.63) is 29.8 Å². The number of nitrogens with one attached hydrogen (secondary N) is 2. The van der Waals surface area contributed by atoms with E-state index in [0.29, 0.717) is 26.1 Å². The molecule has 2 aliphatic heterocycles. The van der Waals surface area contributed by atoms with Gasteiger partial charge in [0.1, 0.15) is 11.8 Å². The van der Waals surface area contributed by atoms with Gasteiger partial charge in [0.15, 0.2) is 0 Å². The Morgan fingerprint density at radius 3 is 2.71 bits per heavy atom. The van der Waals surface area contributed by atoms with E-state index in [4.69, 9.17) is 4.74 Å². The number of carbonyl (C=O) groups excluding carboxylic acids is 2. The lowest BCUT2D eigenvalue weighted by atomic mass is 10.1. The van der Waals surface area contributed by atoms with Gasteiger partial charge >= 0.3 is 0 Å². The van der Waals surface area contributed by atoms with Crippen LogP contribution in [-0.2, 0) is 16.1 Å². The number of amides is 2. The molecule has 132 valence electrons. The van der Waals surface area contributed by atoms with E-state index in [-0.39, 0.29) is 36.2 Å². The maximum Gasteiger partial charge on any atom is 0.245 e. The average Bonchev–Trinajstić information content (AvgIpc) is 3.21. The zero-order valence-corrected chi connectivity index (χ0v) is 14.6. The van der Waals surface area contributed by atoms with E-state index in [1.807, 2.05) is 24.3 Å². The number of nitrogens with zero attached hydrogens (tertiary/aromatic N) is 1. The second kappa shape index (κ2) is 8.35. The van der Waals surface area contributed by atoms with Gasteiger partial charge in [-0.1, -0.05) is 12.1 Å². The van der Waals surface area contributed by atoms with E-state index in [9.17, 15) is 9.59 Å². The van der Waals surface area contributed by atoms with Crippen molar-refractivity contribution in [1.29, 1.82) is 0 Å². The second-order valence-electron chi connectivity index (χ2n) is 6.15. The molecule has 2 N–H and O–H groups in total. The van der Waals surface area contributed by atoms with E-state index in [0.717, 1.165) is 24.3 Å². The number of hydrogen-bond donors (Lipinski definition) is 2. The van der Waals surface area contributed by atoms with Crippen LogP contribution in [-0.4, -0.2) is 49.5 Å². The molecule has 7 heteroatoms. The molecule has 24 heavy (non-hydrogen) atoms. The lowest BCUT2D eigenvalue weighted by molar-refractivity contribution is -0.134. The Kier molecular flexibility index (Phi) is 6.45. The first-order chi connectivity index (χ1) is 11.2. The predicted molar refractivity (Wildman–Crippen MR) is 93.2 cm³/mol. The fourth-order valence-electron chi connectivity index (χ4n) is 3.15. The van der Waals surface area contributed by atoms with Crippen molar-refractivity contribution in [1.82, 2.24) is 15.5 Å². The molecule has 0 aliphatic carbocycles. The molecular weight excluding hydrogens is 330 g/mol. The lowest BCUT2D eigenvalue weighted by Gasteiger charge is -2.18. The van der Waals surface area contributed by atoms with Crippen LogP contribution in [0.15, 0.2) is 24.3 Å². The number of methoxy groups -OCH3 is 1. The van der Waals surface area contributed by atoms with Crippen molar-refractivity contribution in [3.8, 4) is 5.75 Å². The molecule has 2 heterocycles. The summed E-state index contributed by atoms with van der Waals surface area (Å²) in [5, 5.41) is 6.09.